The normalized spacial score (nSPS) is 11.0. The molecule has 0 aliphatic carbocycles. The van der Waals surface area contributed by atoms with Gasteiger partial charge in [-0.05, 0) is 48.0 Å². The van der Waals surface area contributed by atoms with Gasteiger partial charge >= 0.3 is 5.97 Å². The first-order chi connectivity index (χ1) is 21.4. The molecule has 0 bridgehead atoms. The van der Waals surface area contributed by atoms with Crippen LogP contribution in [-0.4, -0.2) is 32.6 Å². The van der Waals surface area contributed by atoms with Gasteiger partial charge in [0.05, 0.1) is 53.3 Å². The maximum absolute atomic E-state index is 15.5. The lowest BCUT2D eigenvalue weighted by atomic mass is 10.1. The van der Waals surface area contributed by atoms with Crippen LogP contribution in [0.3, 0.4) is 0 Å². The maximum atomic E-state index is 15.5. The van der Waals surface area contributed by atoms with Gasteiger partial charge in [-0.3, -0.25) is 0 Å². The number of carbonyl (C=O) groups is 1. The fourth-order valence-electron chi connectivity index (χ4n) is 4.77. The van der Waals surface area contributed by atoms with Gasteiger partial charge in [0.2, 0.25) is 5.88 Å². The van der Waals surface area contributed by atoms with Gasteiger partial charge in [0.15, 0.2) is 6.39 Å². The molecule has 11 heteroatoms. The third-order valence-corrected chi connectivity index (χ3v) is 7.03. The Morgan fingerprint density at radius 1 is 1.00 bits per heavy atom. The quantitative estimate of drug-likeness (QED) is 0.182. The predicted octanol–water partition coefficient (Wildman–Crippen LogP) is 6.24. The minimum absolute atomic E-state index is 0.0856. The van der Waals surface area contributed by atoms with Gasteiger partial charge in [-0.1, -0.05) is 24.3 Å². The molecule has 0 aliphatic rings. The number of benzene rings is 3. The van der Waals surface area contributed by atoms with Gasteiger partial charge in [-0.15, -0.1) is 0 Å². The van der Waals surface area contributed by atoms with E-state index in [0.29, 0.717) is 51.5 Å². The summed E-state index contributed by atoms with van der Waals surface area (Å²) in [6.45, 7) is 0.216. The Morgan fingerprint density at radius 2 is 1.84 bits per heavy atom. The molecule has 6 aromatic rings. The zero-order valence-electron chi connectivity index (χ0n) is 23.3. The van der Waals surface area contributed by atoms with E-state index in [2.05, 4.69) is 9.97 Å². The molecule has 0 amide bonds. The Bertz CT molecular complexity index is 2030. The monoisotopic (exact) mass is 591 g/mol. The van der Waals surface area contributed by atoms with Crippen molar-refractivity contribution in [3.63, 3.8) is 0 Å². The number of carbonyl (C=O) groups excluding carboxylic acids is 1. The molecule has 0 atom stereocenters. The van der Waals surface area contributed by atoms with Crippen LogP contribution >= 0.6 is 0 Å². The summed E-state index contributed by atoms with van der Waals surface area (Å²) in [7, 11) is 1.31. The molecule has 3 aromatic heterocycles. The molecule has 0 radical (unpaired) electrons. The van der Waals surface area contributed by atoms with Crippen LogP contribution in [-0.2, 0) is 24.3 Å². The summed E-state index contributed by atoms with van der Waals surface area (Å²) in [6.07, 6.45) is 3.01. The van der Waals surface area contributed by atoms with E-state index in [-0.39, 0.29) is 30.0 Å². The maximum Gasteiger partial charge on any atom is 0.337 e. The lowest BCUT2D eigenvalue weighted by Gasteiger charge is -2.11. The number of oxazole rings is 1. The summed E-state index contributed by atoms with van der Waals surface area (Å²) in [6, 6.07) is 21.0. The molecule has 3 aromatic carbocycles. The van der Waals surface area contributed by atoms with Crippen molar-refractivity contribution in [1.29, 1.82) is 5.26 Å². The highest BCUT2D eigenvalue weighted by Crippen LogP contribution is 2.26. The van der Waals surface area contributed by atoms with E-state index in [0.717, 1.165) is 6.07 Å². The molecule has 0 fully saturated rings. The second-order valence-corrected chi connectivity index (χ2v) is 9.84. The molecule has 0 saturated heterocycles. The number of hydrogen-bond acceptors (Lipinski definition) is 8. The number of pyridine rings is 1. The van der Waals surface area contributed by atoms with E-state index in [4.69, 9.17) is 24.1 Å². The van der Waals surface area contributed by atoms with Crippen molar-refractivity contribution in [2.75, 3.05) is 7.11 Å². The molecule has 0 aliphatic heterocycles. The molecule has 0 unspecified atom stereocenters. The van der Waals surface area contributed by atoms with Crippen molar-refractivity contribution in [2.45, 2.75) is 19.6 Å². The van der Waals surface area contributed by atoms with Gasteiger partial charge in [0.25, 0.3) is 0 Å². The van der Waals surface area contributed by atoms with Crippen molar-refractivity contribution in [3.8, 4) is 23.2 Å². The number of esters is 1. The summed E-state index contributed by atoms with van der Waals surface area (Å²) in [5.74, 6) is -0.667. The van der Waals surface area contributed by atoms with Crippen LogP contribution in [0.15, 0.2) is 89.9 Å². The van der Waals surface area contributed by atoms with Gasteiger partial charge in [-0.25, -0.2) is 28.5 Å². The van der Waals surface area contributed by atoms with Crippen LogP contribution in [0.25, 0.3) is 22.3 Å². The number of nitrogens with zero attached hydrogens (tertiary/aromatic N) is 5. The number of methoxy groups -OCH3 is 1. The number of ether oxygens (including phenoxy) is 2. The molecule has 9 nitrogen and oxygen atoms in total. The summed E-state index contributed by atoms with van der Waals surface area (Å²) in [5, 5.41) is 8.92. The van der Waals surface area contributed by atoms with E-state index >= 15 is 4.39 Å². The lowest BCUT2D eigenvalue weighted by molar-refractivity contribution is 0.0601. The molecule has 0 saturated carbocycles. The molecule has 0 N–H and O–H groups in total. The number of imidazole rings is 1. The minimum Gasteiger partial charge on any atom is -0.473 e. The van der Waals surface area contributed by atoms with E-state index in [1.54, 1.807) is 48.5 Å². The van der Waals surface area contributed by atoms with Crippen LogP contribution in [0.4, 0.5) is 8.78 Å². The standard InChI is InChI=1S/C33H23F2N5O4/c1-42-33(41)23-9-10-29-30(13-23)40(16-25-18-43-19-37-25)31(38-29)14-21-7-8-22(12-27(21)35)28-3-2-4-32(39-28)44-17-24-6-5-20(15-36)11-26(24)34/h2-13,18-19H,14,16-17H2,1H3. The van der Waals surface area contributed by atoms with E-state index in [9.17, 15) is 9.18 Å². The summed E-state index contributed by atoms with van der Waals surface area (Å²) < 4.78 is 47.3. The second-order valence-electron chi connectivity index (χ2n) is 9.84. The smallest absolute Gasteiger partial charge is 0.337 e. The van der Waals surface area contributed by atoms with Crippen LogP contribution < -0.4 is 4.74 Å². The topological polar surface area (TPSA) is 116 Å². The molecule has 218 valence electrons. The first-order valence-electron chi connectivity index (χ1n) is 13.4. The van der Waals surface area contributed by atoms with Crippen molar-refractivity contribution in [1.82, 2.24) is 19.5 Å². The fourth-order valence-corrected chi connectivity index (χ4v) is 4.77. The first kappa shape index (κ1) is 28.2. The Labute approximate surface area is 250 Å². The van der Waals surface area contributed by atoms with Gasteiger partial charge < -0.3 is 18.5 Å². The fraction of sp³-hybridized carbons (Fsp3) is 0.121. The largest absolute Gasteiger partial charge is 0.473 e. The molecule has 0 spiro atoms. The second kappa shape index (κ2) is 12.1. The lowest BCUT2D eigenvalue weighted by Crippen LogP contribution is -2.08. The summed E-state index contributed by atoms with van der Waals surface area (Å²) in [5.41, 5.74) is 4.22. The number of halogens is 2. The molecule has 3 heterocycles. The van der Waals surface area contributed by atoms with Crippen molar-refractivity contribution in [2.24, 2.45) is 0 Å². The zero-order valence-corrected chi connectivity index (χ0v) is 23.3. The van der Waals surface area contributed by atoms with Crippen LogP contribution in [0.1, 0.15) is 38.6 Å². The summed E-state index contributed by atoms with van der Waals surface area (Å²) >= 11 is 0. The highest BCUT2D eigenvalue weighted by atomic mass is 19.1. The predicted molar refractivity (Wildman–Crippen MR) is 155 cm³/mol. The minimum atomic E-state index is -0.545. The summed E-state index contributed by atoms with van der Waals surface area (Å²) in [4.78, 5) is 25.6. The van der Waals surface area contributed by atoms with Gasteiger partial charge in [0.1, 0.15) is 30.3 Å². The highest BCUT2D eigenvalue weighted by molar-refractivity contribution is 5.93. The average Bonchev–Trinajstić information content (AvgIpc) is 3.69. The first-order valence-corrected chi connectivity index (χ1v) is 13.4. The average molecular weight is 592 g/mol. The van der Waals surface area contributed by atoms with Crippen LogP contribution in [0.5, 0.6) is 5.88 Å². The van der Waals surface area contributed by atoms with E-state index in [1.165, 1.54) is 38.0 Å². The van der Waals surface area contributed by atoms with Gasteiger partial charge in [0, 0.05) is 23.6 Å². The number of nitriles is 1. The Balaban J connectivity index is 1.25. The van der Waals surface area contributed by atoms with E-state index < -0.39 is 17.6 Å². The van der Waals surface area contributed by atoms with Crippen molar-refractivity contribution in [3.05, 3.63) is 131 Å². The zero-order chi connectivity index (χ0) is 30.6. The number of hydrogen-bond donors (Lipinski definition) is 0. The number of fused-ring (bicyclic) bond motifs is 1. The number of rotatable bonds is 9. The Morgan fingerprint density at radius 3 is 2.59 bits per heavy atom. The van der Waals surface area contributed by atoms with Crippen LogP contribution in [0.2, 0.25) is 0 Å². The van der Waals surface area contributed by atoms with E-state index in [1.807, 2.05) is 10.6 Å². The van der Waals surface area contributed by atoms with Gasteiger partial charge in [-0.2, -0.15) is 5.26 Å². The molecule has 6 rings (SSSR count). The third-order valence-electron chi connectivity index (χ3n) is 7.03. The van der Waals surface area contributed by atoms with Crippen LogP contribution in [0, 0.1) is 23.0 Å². The Kier molecular flexibility index (Phi) is 7.80. The highest BCUT2D eigenvalue weighted by Gasteiger charge is 2.18. The van der Waals surface area contributed by atoms with Crippen molar-refractivity contribution >= 4 is 17.0 Å². The molecule has 44 heavy (non-hydrogen) atoms. The SMILES string of the molecule is COC(=O)c1ccc2nc(Cc3ccc(-c4cccc(OCc5ccc(C#N)cc5F)n4)cc3F)n(Cc3cocn3)c2c1. The number of aromatic nitrogens is 4. The Hall–Kier alpha value is -5.89. The molecular formula is C33H23F2N5O4. The van der Waals surface area contributed by atoms with Crippen molar-refractivity contribution < 1.29 is 27.5 Å². The third kappa shape index (κ3) is 5.87. The molecular weight excluding hydrogens is 568 g/mol.